The van der Waals surface area contributed by atoms with Crippen LogP contribution in [0.4, 0.5) is 5.69 Å². The van der Waals surface area contributed by atoms with E-state index in [0.29, 0.717) is 6.54 Å². The van der Waals surface area contributed by atoms with Crippen LogP contribution >= 0.6 is 11.8 Å². The molecule has 0 bridgehead atoms. The third-order valence-corrected chi connectivity index (χ3v) is 4.83. The van der Waals surface area contributed by atoms with Crippen LogP contribution in [-0.4, -0.2) is 41.9 Å². The lowest BCUT2D eigenvalue weighted by molar-refractivity contribution is -0.117. The summed E-state index contributed by atoms with van der Waals surface area (Å²) in [7, 11) is 0. The quantitative estimate of drug-likeness (QED) is 0.604. The summed E-state index contributed by atoms with van der Waals surface area (Å²) >= 11 is 1.94. The van der Waals surface area contributed by atoms with Crippen LogP contribution in [0.15, 0.2) is 18.2 Å². The van der Waals surface area contributed by atoms with E-state index in [4.69, 9.17) is 0 Å². The Morgan fingerprint density at radius 3 is 2.43 bits per heavy atom. The second-order valence-electron chi connectivity index (χ2n) is 6.00. The van der Waals surface area contributed by atoms with Crippen LogP contribution < -0.4 is 5.32 Å². The molecule has 1 aromatic carbocycles. The van der Waals surface area contributed by atoms with Gasteiger partial charge in [0.2, 0.25) is 5.91 Å². The highest BCUT2D eigenvalue weighted by Gasteiger charge is 2.12. The minimum Gasteiger partial charge on any atom is -0.324 e. The van der Waals surface area contributed by atoms with E-state index in [1.54, 1.807) is 0 Å². The third-order valence-electron chi connectivity index (χ3n) is 3.95. The van der Waals surface area contributed by atoms with E-state index in [9.17, 15) is 4.79 Å². The van der Waals surface area contributed by atoms with Crippen LogP contribution in [0.1, 0.15) is 44.2 Å². The zero-order valence-corrected chi connectivity index (χ0v) is 16.0. The van der Waals surface area contributed by atoms with Gasteiger partial charge in [0, 0.05) is 18.0 Å². The second-order valence-corrected chi connectivity index (χ2v) is 7.39. The Kier molecular flexibility index (Phi) is 10.0. The van der Waals surface area contributed by atoms with Crippen LogP contribution in [-0.2, 0) is 4.79 Å². The van der Waals surface area contributed by atoms with Gasteiger partial charge < -0.3 is 5.32 Å². The number of carbonyl (C=O) groups is 1. The van der Waals surface area contributed by atoms with Gasteiger partial charge in [0.25, 0.3) is 0 Å². The Labute approximate surface area is 146 Å². The zero-order valence-electron chi connectivity index (χ0n) is 15.2. The fourth-order valence-corrected chi connectivity index (χ4v) is 3.26. The molecule has 4 heteroatoms. The molecule has 1 rings (SSSR count). The van der Waals surface area contributed by atoms with Gasteiger partial charge in [-0.2, -0.15) is 11.8 Å². The van der Waals surface area contributed by atoms with Crippen LogP contribution in [0.5, 0.6) is 0 Å². The van der Waals surface area contributed by atoms with E-state index < -0.39 is 0 Å². The van der Waals surface area contributed by atoms with E-state index in [1.807, 2.05) is 43.8 Å². The number of unbranched alkanes of at least 4 members (excludes halogenated alkanes) is 2. The number of para-hydroxylation sites is 1. The van der Waals surface area contributed by atoms with Gasteiger partial charge in [-0.15, -0.1) is 0 Å². The van der Waals surface area contributed by atoms with E-state index >= 15 is 0 Å². The van der Waals surface area contributed by atoms with Gasteiger partial charge in [-0.3, -0.25) is 9.69 Å². The van der Waals surface area contributed by atoms with Crippen LogP contribution in [0.25, 0.3) is 0 Å². The van der Waals surface area contributed by atoms with Gasteiger partial charge in [0.15, 0.2) is 0 Å². The van der Waals surface area contributed by atoms with Crippen molar-refractivity contribution in [2.24, 2.45) is 0 Å². The number of nitrogens with one attached hydrogen (secondary N) is 1. The number of amides is 1. The second kappa shape index (κ2) is 11.5. The van der Waals surface area contributed by atoms with Crippen molar-refractivity contribution >= 4 is 23.4 Å². The predicted molar refractivity (Wildman–Crippen MR) is 104 cm³/mol. The molecular weight excluding hydrogens is 304 g/mol. The van der Waals surface area contributed by atoms with Crippen LogP contribution in [0.3, 0.4) is 0 Å². The van der Waals surface area contributed by atoms with Crippen molar-refractivity contribution in [3.05, 3.63) is 29.3 Å². The lowest BCUT2D eigenvalue weighted by atomic mass is 10.1. The highest BCUT2D eigenvalue weighted by Crippen LogP contribution is 2.19. The molecule has 0 aliphatic heterocycles. The van der Waals surface area contributed by atoms with Crippen LogP contribution in [0, 0.1) is 13.8 Å². The first kappa shape index (κ1) is 20.0. The molecule has 0 heterocycles. The summed E-state index contributed by atoms with van der Waals surface area (Å²) in [6.45, 7) is 11.0. The van der Waals surface area contributed by atoms with Crippen molar-refractivity contribution in [1.82, 2.24) is 4.90 Å². The summed E-state index contributed by atoms with van der Waals surface area (Å²) in [5.74, 6) is 2.33. The lowest BCUT2D eigenvalue weighted by Crippen LogP contribution is -2.35. The Hall–Kier alpha value is -1.00. The van der Waals surface area contributed by atoms with Crippen molar-refractivity contribution in [1.29, 1.82) is 0 Å². The molecule has 1 N–H and O–H groups in total. The fourth-order valence-electron chi connectivity index (χ4n) is 2.59. The number of hydrogen-bond donors (Lipinski definition) is 1. The van der Waals surface area contributed by atoms with E-state index in [1.165, 1.54) is 19.3 Å². The number of benzene rings is 1. The first-order valence-corrected chi connectivity index (χ1v) is 9.90. The van der Waals surface area contributed by atoms with Gasteiger partial charge in [0.1, 0.15) is 0 Å². The maximum Gasteiger partial charge on any atom is 0.238 e. The van der Waals surface area contributed by atoms with Crippen molar-refractivity contribution in [2.45, 2.75) is 47.0 Å². The average Bonchev–Trinajstić information content (AvgIpc) is 2.51. The first-order chi connectivity index (χ1) is 11.1. The molecule has 0 spiro atoms. The van der Waals surface area contributed by atoms with E-state index in [-0.39, 0.29) is 5.91 Å². The van der Waals surface area contributed by atoms with Crippen molar-refractivity contribution in [2.75, 3.05) is 36.5 Å². The van der Waals surface area contributed by atoms with Crippen LogP contribution in [0.2, 0.25) is 0 Å². The van der Waals surface area contributed by atoms with Gasteiger partial charge >= 0.3 is 0 Å². The van der Waals surface area contributed by atoms with Crippen molar-refractivity contribution in [3.63, 3.8) is 0 Å². The monoisotopic (exact) mass is 336 g/mol. The maximum atomic E-state index is 12.4. The molecule has 0 saturated heterocycles. The number of hydrogen-bond acceptors (Lipinski definition) is 3. The number of thioether (sulfide) groups is 1. The predicted octanol–water partition coefficient (Wildman–Crippen LogP) is 4.49. The number of nitrogens with zero attached hydrogens (tertiary/aromatic N) is 1. The Morgan fingerprint density at radius 2 is 1.83 bits per heavy atom. The highest BCUT2D eigenvalue weighted by molar-refractivity contribution is 7.99. The maximum absolute atomic E-state index is 12.4. The summed E-state index contributed by atoms with van der Waals surface area (Å²) in [6.07, 6.45) is 3.62. The van der Waals surface area contributed by atoms with Gasteiger partial charge in [-0.25, -0.2) is 0 Å². The van der Waals surface area contributed by atoms with Crippen molar-refractivity contribution < 1.29 is 4.79 Å². The molecule has 0 aliphatic rings. The number of aryl methyl sites for hydroxylation is 2. The molecule has 0 unspecified atom stereocenters. The molecule has 0 aliphatic carbocycles. The fraction of sp³-hybridized carbons (Fsp3) is 0.632. The molecule has 130 valence electrons. The SMILES string of the molecule is CCCCCN(CCSCC)CC(=O)Nc1c(C)cccc1C. The Balaban J connectivity index is 2.56. The normalized spacial score (nSPS) is 11.0. The summed E-state index contributed by atoms with van der Waals surface area (Å²) in [5.41, 5.74) is 3.21. The third kappa shape index (κ3) is 7.89. The van der Waals surface area contributed by atoms with E-state index in [0.717, 1.165) is 41.4 Å². The number of carbonyl (C=O) groups excluding carboxylic acids is 1. The summed E-state index contributed by atoms with van der Waals surface area (Å²) in [5, 5.41) is 3.10. The minimum absolute atomic E-state index is 0.0976. The Morgan fingerprint density at radius 1 is 1.13 bits per heavy atom. The van der Waals surface area contributed by atoms with E-state index in [2.05, 4.69) is 24.1 Å². The molecule has 0 aromatic heterocycles. The first-order valence-electron chi connectivity index (χ1n) is 8.74. The largest absolute Gasteiger partial charge is 0.324 e. The summed E-state index contributed by atoms with van der Waals surface area (Å²) in [4.78, 5) is 14.7. The Bertz CT molecular complexity index is 446. The molecule has 0 atom stereocenters. The molecule has 23 heavy (non-hydrogen) atoms. The smallest absolute Gasteiger partial charge is 0.238 e. The van der Waals surface area contributed by atoms with Gasteiger partial charge in [0.05, 0.1) is 6.54 Å². The lowest BCUT2D eigenvalue weighted by Gasteiger charge is -2.22. The molecule has 3 nitrogen and oxygen atoms in total. The summed E-state index contributed by atoms with van der Waals surface area (Å²) < 4.78 is 0. The molecule has 0 radical (unpaired) electrons. The summed E-state index contributed by atoms with van der Waals surface area (Å²) in [6, 6.07) is 6.11. The van der Waals surface area contributed by atoms with Crippen molar-refractivity contribution in [3.8, 4) is 0 Å². The average molecular weight is 337 g/mol. The molecule has 1 amide bonds. The molecule has 0 fully saturated rings. The zero-order chi connectivity index (χ0) is 17.1. The van der Waals surface area contributed by atoms with Gasteiger partial charge in [-0.1, -0.05) is 44.9 Å². The topological polar surface area (TPSA) is 32.3 Å². The number of anilines is 1. The minimum atomic E-state index is 0.0976. The number of rotatable bonds is 11. The van der Waals surface area contributed by atoms with Gasteiger partial charge in [-0.05, 0) is 43.7 Å². The standard InChI is InChI=1S/C19H32N2OS/c1-5-7-8-12-21(13-14-23-6-2)15-18(22)20-19-16(3)10-9-11-17(19)4/h9-11H,5-8,12-15H2,1-4H3,(H,20,22). The highest BCUT2D eigenvalue weighted by atomic mass is 32.2. The molecule has 1 aromatic rings. The molecule has 0 saturated carbocycles. The molecular formula is C19H32N2OS.